The zero-order chi connectivity index (χ0) is 15.5. The largest absolute Gasteiger partial charge is 0.480 e. The molecular formula is C13H20N2O4S2. The second-order valence-electron chi connectivity index (χ2n) is 5.26. The number of aryl methyl sites for hydroxylation is 1. The highest BCUT2D eigenvalue weighted by Crippen LogP contribution is 2.27. The Morgan fingerprint density at radius 3 is 2.90 bits per heavy atom. The van der Waals surface area contributed by atoms with Gasteiger partial charge in [-0.25, -0.2) is 8.42 Å². The van der Waals surface area contributed by atoms with Crippen LogP contribution >= 0.6 is 11.3 Å². The fourth-order valence-electron chi connectivity index (χ4n) is 2.47. The lowest BCUT2D eigenvalue weighted by Crippen LogP contribution is -2.43. The molecule has 1 atom stereocenters. The molecule has 1 aromatic heterocycles. The normalized spacial score (nSPS) is 20.5. The van der Waals surface area contributed by atoms with Crippen LogP contribution in [0.1, 0.15) is 17.7 Å². The highest BCUT2D eigenvalue weighted by atomic mass is 32.2. The molecule has 0 saturated carbocycles. The van der Waals surface area contributed by atoms with Crippen molar-refractivity contribution in [1.82, 2.24) is 9.62 Å². The lowest BCUT2D eigenvalue weighted by molar-refractivity contribution is -0.136. The topological polar surface area (TPSA) is 86.7 Å². The number of rotatable bonds is 6. The smallest absolute Gasteiger partial charge is 0.317 e. The van der Waals surface area contributed by atoms with E-state index in [1.165, 1.54) is 15.6 Å². The maximum atomic E-state index is 12.5. The maximum Gasteiger partial charge on any atom is 0.317 e. The summed E-state index contributed by atoms with van der Waals surface area (Å²) in [6.07, 6.45) is 1.73. The van der Waals surface area contributed by atoms with Crippen LogP contribution in [0.5, 0.6) is 0 Å². The number of carboxylic acids is 1. The number of nitrogens with zero attached hydrogens (tertiary/aromatic N) is 1. The number of thiophene rings is 1. The molecule has 2 rings (SSSR count). The van der Waals surface area contributed by atoms with Gasteiger partial charge in [0.25, 0.3) is 10.0 Å². The fourth-order valence-corrected chi connectivity index (χ4v) is 5.47. The van der Waals surface area contributed by atoms with Crippen LogP contribution in [0.15, 0.2) is 16.3 Å². The summed E-state index contributed by atoms with van der Waals surface area (Å²) in [7, 11) is -3.41. The minimum Gasteiger partial charge on any atom is -0.480 e. The van der Waals surface area contributed by atoms with Crippen molar-refractivity contribution < 1.29 is 18.3 Å². The van der Waals surface area contributed by atoms with Gasteiger partial charge in [-0.2, -0.15) is 4.31 Å². The van der Waals surface area contributed by atoms with Crippen LogP contribution in [-0.2, 0) is 14.8 Å². The molecule has 0 bridgehead atoms. The molecule has 1 aliphatic heterocycles. The third kappa shape index (κ3) is 4.26. The van der Waals surface area contributed by atoms with Crippen molar-refractivity contribution in [3.63, 3.8) is 0 Å². The van der Waals surface area contributed by atoms with Gasteiger partial charge in [0.2, 0.25) is 0 Å². The van der Waals surface area contributed by atoms with Gasteiger partial charge in [0, 0.05) is 18.0 Å². The number of sulfonamides is 1. The Balaban J connectivity index is 1.98. The standard InChI is InChI=1S/C13H20N2O4S2/c1-10-4-5-13(20-10)21(18,19)15-6-2-3-11(9-15)7-14-8-12(16)17/h4-5,11,14H,2-3,6-9H2,1H3,(H,16,17). The van der Waals surface area contributed by atoms with Crippen LogP contribution in [0.4, 0.5) is 0 Å². The molecule has 6 nitrogen and oxygen atoms in total. The van der Waals surface area contributed by atoms with E-state index >= 15 is 0 Å². The molecule has 1 aromatic rings. The van der Waals surface area contributed by atoms with Gasteiger partial charge in [0.1, 0.15) is 4.21 Å². The van der Waals surface area contributed by atoms with Gasteiger partial charge in [0.15, 0.2) is 0 Å². The number of hydrogen-bond acceptors (Lipinski definition) is 5. The first kappa shape index (κ1) is 16.4. The van der Waals surface area contributed by atoms with E-state index in [1.807, 2.05) is 13.0 Å². The second-order valence-corrected chi connectivity index (χ2v) is 8.71. The summed E-state index contributed by atoms with van der Waals surface area (Å²) in [4.78, 5) is 11.5. The number of aliphatic carboxylic acids is 1. The summed E-state index contributed by atoms with van der Waals surface area (Å²) < 4.78 is 27.0. The van der Waals surface area contributed by atoms with Gasteiger partial charge in [-0.1, -0.05) is 0 Å². The SMILES string of the molecule is Cc1ccc(S(=O)(=O)N2CCCC(CNCC(=O)O)C2)s1. The number of hydrogen-bond donors (Lipinski definition) is 2. The second kappa shape index (κ2) is 6.87. The Labute approximate surface area is 128 Å². The molecule has 2 heterocycles. The molecule has 0 amide bonds. The minimum atomic E-state index is -3.41. The van der Waals surface area contributed by atoms with Crippen molar-refractivity contribution in [3.05, 3.63) is 17.0 Å². The third-order valence-corrected chi connectivity index (χ3v) is 6.83. The Morgan fingerprint density at radius 2 is 2.29 bits per heavy atom. The summed E-state index contributed by atoms with van der Waals surface area (Å²) in [5, 5.41) is 11.5. The van der Waals surface area contributed by atoms with Crippen molar-refractivity contribution in [1.29, 1.82) is 0 Å². The number of piperidine rings is 1. The van der Waals surface area contributed by atoms with E-state index in [4.69, 9.17) is 5.11 Å². The highest BCUT2D eigenvalue weighted by molar-refractivity contribution is 7.91. The zero-order valence-corrected chi connectivity index (χ0v) is 13.5. The van der Waals surface area contributed by atoms with Crippen molar-refractivity contribution >= 4 is 27.3 Å². The molecule has 1 saturated heterocycles. The monoisotopic (exact) mass is 332 g/mol. The molecular weight excluding hydrogens is 312 g/mol. The third-order valence-electron chi connectivity index (χ3n) is 3.50. The van der Waals surface area contributed by atoms with Crippen LogP contribution < -0.4 is 5.32 Å². The first-order chi connectivity index (χ1) is 9.89. The van der Waals surface area contributed by atoms with E-state index < -0.39 is 16.0 Å². The average Bonchev–Trinajstić information content (AvgIpc) is 2.86. The lowest BCUT2D eigenvalue weighted by atomic mass is 10.00. The van der Waals surface area contributed by atoms with Gasteiger partial charge in [-0.15, -0.1) is 11.3 Å². The molecule has 118 valence electrons. The molecule has 1 aliphatic rings. The molecule has 21 heavy (non-hydrogen) atoms. The zero-order valence-electron chi connectivity index (χ0n) is 11.9. The molecule has 0 aliphatic carbocycles. The first-order valence-electron chi connectivity index (χ1n) is 6.88. The Morgan fingerprint density at radius 1 is 1.52 bits per heavy atom. The van der Waals surface area contributed by atoms with E-state index in [2.05, 4.69) is 5.32 Å². The minimum absolute atomic E-state index is 0.0899. The van der Waals surface area contributed by atoms with Crippen LogP contribution in [0.25, 0.3) is 0 Å². The molecule has 8 heteroatoms. The van der Waals surface area contributed by atoms with Gasteiger partial charge in [-0.05, 0) is 44.4 Å². The van der Waals surface area contributed by atoms with Crippen LogP contribution in [0, 0.1) is 12.8 Å². The summed E-state index contributed by atoms with van der Waals surface area (Å²) in [6.45, 7) is 3.31. The quantitative estimate of drug-likeness (QED) is 0.815. The molecule has 0 spiro atoms. The van der Waals surface area contributed by atoms with E-state index in [9.17, 15) is 13.2 Å². The van der Waals surface area contributed by atoms with Crippen molar-refractivity contribution in [2.75, 3.05) is 26.2 Å². The fraction of sp³-hybridized carbons (Fsp3) is 0.615. The first-order valence-corrected chi connectivity index (χ1v) is 9.14. The number of carboxylic acid groups (broad SMARTS) is 1. The summed E-state index contributed by atoms with van der Waals surface area (Å²) in [5.74, 6) is -0.738. The van der Waals surface area contributed by atoms with Gasteiger partial charge in [-0.3, -0.25) is 4.79 Å². The van der Waals surface area contributed by atoms with Gasteiger partial charge >= 0.3 is 5.97 Å². The van der Waals surface area contributed by atoms with E-state index in [0.29, 0.717) is 23.8 Å². The summed E-state index contributed by atoms with van der Waals surface area (Å²) in [6, 6.07) is 3.47. The van der Waals surface area contributed by atoms with E-state index in [-0.39, 0.29) is 12.5 Å². The Hall–Kier alpha value is -0.960. The van der Waals surface area contributed by atoms with Crippen LogP contribution in [0.2, 0.25) is 0 Å². The lowest BCUT2D eigenvalue weighted by Gasteiger charge is -2.31. The Bertz CT molecular complexity index is 597. The molecule has 0 aromatic carbocycles. The van der Waals surface area contributed by atoms with Gasteiger partial charge < -0.3 is 10.4 Å². The molecule has 1 fully saturated rings. The number of nitrogens with one attached hydrogen (secondary N) is 1. The van der Waals surface area contributed by atoms with E-state index in [0.717, 1.165) is 17.7 Å². The van der Waals surface area contributed by atoms with Crippen LogP contribution in [-0.4, -0.2) is 50.0 Å². The average molecular weight is 332 g/mol. The van der Waals surface area contributed by atoms with Crippen LogP contribution in [0.3, 0.4) is 0 Å². The Kier molecular flexibility index (Phi) is 5.37. The molecule has 1 unspecified atom stereocenters. The van der Waals surface area contributed by atoms with Gasteiger partial charge in [0.05, 0.1) is 6.54 Å². The van der Waals surface area contributed by atoms with Crippen molar-refractivity contribution in [2.45, 2.75) is 24.0 Å². The highest BCUT2D eigenvalue weighted by Gasteiger charge is 2.30. The van der Waals surface area contributed by atoms with Crippen molar-refractivity contribution in [2.24, 2.45) is 5.92 Å². The van der Waals surface area contributed by atoms with Crippen molar-refractivity contribution in [3.8, 4) is 0 Å². The predicted octanol–water partition coefficient (Wildman–Crippen LogP) is 1.13. The summed E-state index contributed by atoms with van der Waals surface area (Å²) in [5.41, 5.74) is 0. The molecule has 2 N–H and O–H groups in total. The van der Waals surface area contributed by atoms with E-state index in [1.54, 1.807) is 6.07 Å². The predicted molar refractivity (Wildman–Crippen MR) is 81.0 cm³/mol. The maximum absolute atomic E-state index is 12.5. The molecule has 0 radical (unpaired) electrons. The summed E-state index contributed by atoms with van der Waals surface area (Å²) >= 11 is 1.29. The number of carbonyl (C=O) groups is 1.